The second kappa shape index (κ2) is 9.32. The van der Waals surface area contributed by atoms with Gasteiger partial charge in [0.25, 0.3) is 0 Å². The lowest BCUT2D eigenvalue weighted by molar-refractivity contribution is 0.669. The molecule has 0 saturated heterocycles. The van der Waals surface area contributed by atoms with Gasteiger partial charge in [0.1, 0.15) is 11.2 Å². The molecule has 1 aliphatic rings. The highest BCUT2D eigenvalue weighted by atomic mass is 16.3. The van der Waals surface area contributed by atoms with Crippen molar-refractivity contribution in [1.82, 2.24) is 4.57 Å². The topological polar surface area (TPSA) is 18.1 Å². The molecule has 210 valence electrons. The van der Waals surface area contributed by atoms with Gasteiger partial charge in [-0.15, -0.1) is 0 Å². The largest absolute Gasteiger partial charge is 0.455 e. The van der Waals surface area contributed by atoms with Gasteiger partial charge in [-0.2, -0.15) is 0 Å². The number of para-hydroxylation sites is 3. The van der Waals surface area contributed by atoms with Crippen LogP contribution in [0.1, 0.15) is 22.6 Å². The van der Waals surface area contributed by atoms with Gasteiger partial charge in [-0.1, -0.05) is 133 Å². The van der Waals surface area contributed by atoms with Crippen LogP contribution in [0.5, 0.6) is 0 Å². The first-order chi connectivity index (χ1) is 22.4. The Balaban J connectivity index is 1.37. The molecule has 0 fully saturated rings. The van der Waals surface area contributed by atoms with Gasteiger partial charge in [0.05, 0.1) is 11.0 Å². The standard InChI is InChI=1S/C43H27NO/c1-3-13-27(14-4-1)29-23-26-36(40-35-20-10-12-22-38(35)45-43(29)40)39-32-19-8-7-17-30(32)33-24-25-34-31-18-9-11-21-37(31)44(42(34)41(33)39)28-15-5-2-6-16-28/h1-26,39H. The van der Waals surface area contributed by atoms with Crippen LogP contribution < -0.4 is 0 Å². The molecule has 0 aliphatic heterocycles. The molecule has 2 heteroatoms. The minimum Gasteiger partial charge on any atom is -0.455 e. The Labute approximate surface area is 260 Å². The zero-order chi connectivity index (χ0) is 29.5. The van der Waals surface area contributed by atoms with Gasteiger partial charge >= 0.3 is 0 Å². The van der Waals surface area contributed by atoms with Crippen LogP contribution in [-0.2, 0) is 0 Å². The van der Waals surface area contributed by atoms with E-state index < -0.39 is 0 Å². The number of furan rings is 1. The normalized spacial score (nSPS) is 14.0. The molecule has 2 nitrogen and oxygen atoms in total. The monoisotopic (exact) mass is 573 g/mol. The Morgan fingerprint density at radius 3 is 2.02 bits per heavy atom. The first-order valence-electron chi connectivity index (χ1n) is 15.6. The van der Waals surface area contributed by atoms with Crippen LogP contribution in [0.4, 0.5) is 0 Å². The maximum absolute atomic E-state index is 6.74. The van der Waals surface area contributed by atoms with Crippen LogP contribution in [0.3, 0.4) is 0 Å². The van der Waals surface area contributed by atoms with E-state index in [0.717, 1.165) is 27.7 Å². The highest BCUT2D eigenvalue weighted by Crippen LogP contribution is 2.54. The van der Waals surface area contributed by atoms with Crippen molar-refractivity contribution in [1.29, 1.82) is 0 Å². The summed E-state index contributed by atoms with van der Waals surface area (Å²) in [6.45, 7) is 0. The van der Waals surface area contributed by atoms with E-state index in [9.17, 15) is 0 Å². The van der Waals surface area contributed by atoms with Crippen molar-refractivity contribution in [2.45, 2.75) is 5.92 Å². The van der Waals surface area contributed by atoms with Gasteiger partial charge in [-0.05, 0) is 57.6 Å². The molecule has 1 aliphatic carbocycles. The lowest BCUT2D eigenvalue weighted by atomic mass is 9.84. The van der Waals surface area contributed by atoms with Gasteiger partial charge in [-0.25, -0.2) is 0 Å². The van der Waals surface area contributed by atoms with E-state index in [0.29, 0.717) is 0 Å². The van der Waals surface area contributed by atoms with Crippen LogP contribution in [0.2, 0.25) is 0 Å². The molecule has 0 amide bonds. The summed E-state index contributed by atoms with van der Waals surface area (Å²) in [4.78, 5) is 0. The first-order valence-corrected chi connectivity index (χ1v) is 15.6. The van der Waals surface area contributed by atoms with Crippen LogP contribution in [0, 0.1) is 0 Å². The quantitative estimate of drug-likeness (QED) is 0.206. The SMILES string of the molecule is c1ccc(-c2ccc(C3c4ccccc4-c4ccc5c6ccccc6n(-c6ccccc6)c5c43)c3c2oc2ccccc23)cc1. The lowest BCUT2D eigenvalue weighted by Crippen LogP contribution is -2.04. The van der Waals surface area contributed by atoms with Gasteiger partial charge in [0.15, 0.2) is 0 Å². The minimum absolute atomic E-state index is 0.0278. The molecule has 0 bridgehead atoms. The molecule has 1 atom stereocenters. The average molecular weight is 574 g/mol. The van der Waals surface area contributed by atoms with Crippen molar-refractivity contribution in [3.05, 3.63) is 174 Å². The van der Waals surface area contributed by atoms with Crippen LogP contribution in [-0.4, -0.2) is 4.57 Å². The smallest absolute Gasteiger partial charge is 0.143 e. The molecule has 9 aromatic rings. The van der Waals surface area contributed by atoms with E-state index in [1.165, 1.54) is 60.7 Å². The molecule has 0 N–H and O–H groups in total. The molecule has 1 unspecified atom stereocenters. The Hall–Kier alpha value is -5.86. The summed E-state index contributed by atoms with van der Waals surface area (Å²) in [7, 11) is 0. The summed E-state index contributed by atoms with van der Waals surface area (Å²) in [5, 5.41) is 4.90. The number of benzene rings is 7. The fourth-order valence-electron chi connectivity index (χ4n) is 7.87. The molecule has 0 spiro atoms. The molecular formula is C43H27NO. The highest BCUT2D eigenvalue weighted by Gasteiger charge is 2.35. The average Bonchev–Trinajstić information content (AvgIpc) is 3.77. The first kappa shape index (κ1) is 24.6. The van der Waals surface area contributed by atoms with Crippen LogP contribution >= 0.6 is 0 Å². The van der Waals surface area contributed by atoms with E-state index in [-0.39, 0.29) is 5.92 Å². The van der Waals surface area contributed by atoms with E-state index in [1.807, 2.05) is 0 Å². The molecule has 0 saturated carbocycles. The second-order valence-corrected chi connectivity index (χ2v) is 12.0. The lowest BCUT2D eigenvalue weighted by Gasteiger charge is -2.19. The molecular weight excluding hydrogens is 546 g/mol. The summed E-state index contributed by atoms with van der Waals surface area (Å²) in [6, 6.07) is 57.0. The number of nitrogens with zero attached hydrogens (tertiary/aromatic N) is 1. The molecule has 2 heterocycles. The Bertz CT molecular complexity index is 2590. The number of rotatable bonds is 3. The summed E-state index contributed by atoms with van der Waals surface area (Å²) in [5.41, 5.74) is 14.4. The van der Waals surface area contributed by atoms with Crippen molar-refractivity contribution in [3.63, 3.8) is 0 Å². The predicted octanol–water partition coefficient (Wildman–Crippen LogP) is 11.5. The van der Waals surface area contributed by atoms with Gasteiger partial charge in [-0.3, -0.25) is 0 Å². The van der Waals surface area contributed by atoms with E-state index in [4.69, 9.17) is 4.42 Å². The van der Waals surface area contributed by atoms with Crippen LogP contribution in [0.15, 0.2) is 162 Å². The molecule has 10 rings (SSSR count). The second-order valence-electron chi connectivity index (χ2n) is 12.0. The molecule has 7 aromatic carbocycles. The third-order valence-electron chi connectivity index (χ3n) is 9.69. The van der Waals surface area contributed by atoms with Gasteiger partial charge in [0.2, 0.25) is 0 Å². The fraction of sp³-hybridized carbons (Fsp3) is 0.0233. The van der Waals surface area contributed by atoms with Crippen molar-refractivity contribution >= 4 is 43.7 Å². The number of hydrogen-bond acceptors (Lipinski definition) is 1. The zero-order valence-electron chi connectivity index (χ0n) is 24.4. The van der Waals surface area contributed by atoms with Crippen LogP contribution in [0.25, 0.3) is 71.7 Å². The molecule has 0 radical (unpaired) electrons. The van der Waals surface area contributed by atoms with Crippen molar-refractivity contribution in [2.24, 2.45) is 0 Å². The zero-order valence-corrected chi connectivity index (χ0v) is 24.4. The Morgan fingerprint density at radius 2 is 1.16 bits per heavy atom. The Kier molecular flexibility index (Phi) is 5.09. The Morgan fingerprint density at radius 1 is 0.467 bits per heavy atom. The fourth-order valence-corrected chi connectivity index (χ4v) is 7.87. The van der Waals surface area contributed by atoms with Crippen molar-refractivity contribution < 1.29 is 4.42 Å². The maximum atomic E-state index is 6.74. The summed E-state index contributed by atoms with van der Waals surface area (Å²) in [6.07, 6.45) is 0. The molecule has 45 heavy (non-hydrogen) atoms. The van der Waals surface area contributed by atoms with E-state index in [1.54, 1.807) is 0 Å². The van der Waals surface area contributed by atoms with E-state index in [2.05, 4.69) is 162 Å². The number of hydrogen-bond donors (Lipinski definition) is 0. The van der Waals surface area contributed by atoms with Gasteiger partial charge in [0, 0.05) is 38.7 Å². The van der Waals surface area contributed by atoms with Crippen molar-refractivity contribution in [2.75, 3.05) is 0 Å². The van der Waals surface area contributed by atoms with Crippen molar-refractivity contribution in [3.8, 4) is 27.9 Å². The minimum atomic E-state index is 0.0278. The highest BCUT2D eigenvalue weighted by molar-refractivity contribution is 6.15. The molecule has 2 aromatic heterocycles. The predicted molar refractivity (Wildman–Crippen MR) is 186 cm³/mol. The third kappa shape index (κ3) is 3.39. The summed E-state index contributed by atoms with van der Waals surface area (Å²) >= 11 is 0. The number of aromatic nitrogens is 1. The van der Waals surface area contributed by atoms with E-state index >= 15 is 0 Å². The summed E-state index contributed by atoms with van der Waals surface area (Å²) < 4.78 is 9.22. The number of fused-ring (bicyclic) bond motifs is 10. The third-order valence-corrected chi connectivity index (χ3v) is 9.69. The summed E-state index contributed by atoms with van der Waals surface area (Å²) in [5.74, 6) is 0.0278. The van der Waals surface area contributed by atoms with Gasteiger partial charge < -0.3 is 8.98 Å². The maximum Gasteiger partial charge on any atom is 0.143 e.